The summed E-state index contributed by atoms with van der Waals surface area (Å²) in [5, 5.41) is 3.40. The van der Waals surface area contributed by atoms with Crippen molar-refractivity contribution in [2.75, 3.05) is 18.8 Å². The molecule has 0 atom stereocenters. The molecule has 1 aromatic heterocycles. The van der Waals surface area contributed by atoms with Gasteiger partial charge in [-0.2, -0.15) is 4.37 Å². The van der Waals surface area contributed by atoms with Crippen LogP contribution < -0.4 is 5.32 Å². The van der Waals surface area contributed by atoms with Gasteiger partial charge in [-0.15, -0.1) is 0 Å². The van der Waals surface area contributed by atoms with Crippen LogP contribution in [0.3, 0.4) is 0 Å². The molecule has 0 spiro atoms. The average Bonchev–Trinajstić information content (AvgIpc) is 2.66. The van der Waals surface area contributed by atoms with Crippen molar-refractivity contribution in [3.8, 4) is 0 Å². The highest BCUT2D eigenvalue weighted by Crippen LogP contribution is 2.24. The van der Waals surface area contributed by atoms with Crippen LogP contribution in [0.4, 0.5) is 0 Å². The van der Waals surface area contributed by atoms with E-state index in [1.807, 2.05) is 18.7 Å². The predicted octanol–water partition coefficient (Wildman–Crippen LogP) is 2.33. The Morgan fingerprint density at radius 2 is 2.27 bits per heavy atom. The highest BCUT2D eigenvalue weighted by Gasteiger charge is 2.12. The zero-order valence-corrected chi connectivity index (χ0v) is 10.7. The molecular formula is C10H17N3S2. The molecule has 15 heavy (non-hydrogen) atoms. The van der Waals surface area contributed by atoms with Gasteiger partial charge in [0.1, 0.15) is 5.82 Å². The molecular weight excluding hydrogens is 226 g/mol. The van der Waals surface area contributed by atoms with E-state index >= 15 is 0 Å². The van der Waals surface area contributed by atoms with Crippen LogP contribution in [0.25, 0.3) is 0 Å². The van der Waals surface area contributed by atoms with Crippen LogP contribution in [0, 0.1) is 12.8 Å². The number of hydrogen-bond acceptors (Lipinski definition) is 5. The molecule has 84 valence electrons. The van der Waals surface area contributed by atoms with Crippen LogP contribution in [-0.4, -0.2) is 28.2 Å². The first-order valence-corrected chi connectivity index (χ1v) is 7.24. The van der Waals surface area contributed by atoms with Gasteiger partial charge in [-0.25, -0.2) is 4.98 Å². The van der Waals surface area contributed by atoms with Gasteiger partial charge in [0.15, 0.2) is 4.34 Å². The fourth-order valence-electron chi connectivity index (χ4n) is 1.82. The molecule has 1 aliphatic rings. The fraction of sp³-hybridized carbons (Fsp3) is 0.800. The predicted molar refractivity (Wildman–Crippen MR) is 65.6 cm³/mol. The normalized spacial score (nSPS) is 18.2. The van der Waals surface area contributed by atoms with E-state index in [1.54, 1.807) is 0 Å². The van der Waals surface area contributed by atoms with E-state index in [2.05, 4.69) is 14.7 Å². The molecule has 5 heteroatoms. The van der Waals surface area contributed by atoms with Crippen molar-refractivity contribution in [3.63, 3.8) is 0 Å². The Morgan fingerprint density at radius 1 is 1.47 bits per heavy atom. The third-order valence-electron chi connectivity index (χ3n) is 2.72. The van der Waals surface area contributed by atoms with Gasteiger partial charge in [0.25, 0.3) is 0 Å². The lowest BCUT2D eigenvalue weighted by Gasteiger charge is -2.21. The van der Waals surface area contributed by atoms with Gasteiger partial charge in [0, 0.05) is 5.75 Å². The molecule has 0 aromatic carbocycles. The van der Waals surface area contributed by atoms with E-state index < -0.39 is 0 Å². The summed E-state index contributed by atoms with van der Waals surface area (Å²) in [6, 6.07) is 0. The van der Waals surface area contributed by atoms with E-state index in [-0.39, 0.29) is 0 Å². The molecule has 1 N–H and O–H groups in total. The highest BCUT2D eigenvalue weighted by molar-refractivity contribution is 8.00. The van der Waals surface area contributed by atoms with Crippen molar-refractivity contribution in [2.45, 2.75) is 30.5 Å². The molecule has 1 fully saturated rings. The first kappa shape index (κ1) is 11.4. The van der Waals surface area contributed by atoms with Gasteiger partial charge in [-0.05, 0) is 56.7 Å². The molecule has 0 aliphatic carbocycles. The largest absolute Gasteiger partial charge is 0.317 e. The number of piperidine rings is 1. The number of aryl methyl sites for hydroxylation is 1. The van der Waals surface area contributed by atoms with Crippen LogP contribution >= 0.6 is 23.3 Å². The van der Waals surface area contributed by atoms with E-state index in [0.29, 0.717) is 0 Å². The first-order valence-electron chi connectivity index (χ1n) is 5.48. The second kappa shape index (κ2) is 5.82. The number of hydrogen-bond donors (Lipinski definition) is 1. The molecule has 0 unspecified atom stereocenters. The van der Waals surface area contributed by atoms with Crippen LogP contribution in [0.1, 0.15) is 25.1 Å². The van der Waals surface area contributed by atoms with Crippen molar-refractivity contribution in [1.82, 2.24) is 14.7 Å². The van der Waals surface area contributed by atoms with Crippen LogP contribution in [0.2, 0.25) is 0 Å². The van der Waals surface area contributed by atoms with Gasteiger partial charge >= 0.3 is 0 Å². The second-order valence-electron chi connectivity index (χ2n) is 3.94. The van der Waals surface area contributed by atoms with Crippen LogP contribution in [0.5, 0.6) is 0 Å². The summed E-state index contributed by atoms with van der Waals surface area (Å²) in [6.45, 7) is 4.36. The molecule has 1 aliphatic heterocycles. The number of rotatable bonds is 4. The number of nitrogens with one attached hydrogen (secondary N) is 1. The van der Waals surface area contributed by atoms with Crippen molar-refractivity contribution in [1.29, 1.82) is 0 Å². The van der Waals surface area contributed by atoms with E-state index in [4.69, 9.17) is 0 Å². The van der Waals surface area contributed by atoms with Gasteiger partial charge in [-0.3, -0.25) is 0 Å². The zero-order chi connectivity index (χ0) is 10.5. The van der Waals surface area contributed by atoms with Crippen LogP contribution in [0.15, 0.2) is 4.34 Å². The minimum Gasteiger partial charge on any atom is -0.317 e. The Balaban J connectivity index is 1.65. The average molecular weight is 243 g/mol. The lowest BCUT2D eigenvalue weighted by molar-refractivity contribution is 0.367. The minimum absolute atomic E-state index is 0.907. The Labute approximate surface area is 99.2 Å². The third-order valence-corrected chi connectivity index (χ3v) is 4.68. The number of nitrogens with zero attached hydrogens (tertiary/aromatic N) is 2. The second-order valence-corrected chi connectivity index (χ2v) is 6.03. The maximum absolute atomic E-state index is 4.35. The monoisotopic (exact) mass is 243 g/mol. The molecule has 1 aromatic rings. The molecule has 1 saturated heterocycles. The van der Waals surface area contributed by atoms with E-state index in [0.717, 1.165) is 16.1 Å². The molecule has 3 nitrogen and oxygen atoms in total. The molecule has 0 bridgehead atoms. The summed E-state index contributed by atoms with van der Waals surface area (Å²) in [4.78, 5) is 4.35. The quantitative estimate of drug-likeness (QED) is 0.824. The van der Waals surface area contributed by atoms with Crippen molar-refractivity contribution >= 4 is 23.3 Å². The molecule has 2 heterocycles. The van der Waals surface area contributed by atoms with Gasteiger partial charge in [-0.1, -0.05) is 11.8 Å². The molecule has 0 radical (unpaired) electrons. The maximum Gasteiger partial charge on any atom is 0.170 e. The molecule has 2 rings (SSSR count). The van der Waals surface area contributed by atoms with Gasteiger partial charge in [0.05, 0.1) is 0 Å². The lowest BCUT2D eigenvalue weighted by atomic mass is 9.96. The SMILES string of the molecule is Cc1nsc(SCCC2CCNCC2)n1. The lowest BCUT2D eigenvalue weighted by Crippen LogP contribution is -2.27. The fourth-order valence-corrected chi connectivity index (χ4v) is 3.64. The van der Waals surface area contributed by atoms with Crippen LogP contribution in [-0.2, 0) is 0 Å². The maximum atomic E-state index is 4.35. The van der Waals surface area contributed by atoms with E-state index in [1.165, 1.54) is 49.6 Å². The van der Waals surface area contributed by atoms with Crippen molar-refractivity contribution < 1.29 is 0 Å². The highest BCUT2D eigenvalue weighted by atomic mass is 32.2. The van der Waals surface area contributed by atoms with E-state index in [9.17, 15) is 0 Å². The summed E-state index contributed by atoms with van der Waals surface area (Å²) >= 11 is 3.39. The summed E-state index contributed by atoms with van der Waals surface area (Å²) < 4.78 is 5.31. The summed E-state index contributed by atoms with van der Waals surface area (Å²) in [5.41, 5.74) is 0. The molecule has 0 amide bonds. The summed E-state index contributed by atoms with van der Waals surface area (Å²) in [7, 11) is 0. The van der Waals surface area contributed by atoms with Gasteiger partial charge in [0.2, 0.25) is 0 Å². The topological polar surface area (TPSA) is 37.8 Å². The smallest absolute Gasteiger partial charge is 0.170 e. The Morgan fingerprint density at radius 3 is 2.93 bits per heavy atom. The van der Waals surface area contributed by atoms with Gasteiger partial charge < -0.3 is 5.32 Å². The third kappa shape index (κ3) is 3.74. The Bertz CT molecular complexity index is 295. The zero-order valence-electron chi connectivity index (χ0n) is 9.03. The number of aromatic nitrogens is 2. The molecule has 0 saturated carbocycles. The minimum atomic E-state index is 0.907. The Hall–Kier alpha value is -0.130. The Kier molecular flexibility index (Phi) is 4.41. The van der Waals surface area contributed by atoms with Crippen molar-refractivity contribution in [2.24, 2.45) is 5.92 Å². The number of thioether (sulfide) groups is 1. The van der Waals surface area contributed by atoms with Crippen molar-refractivity contribution in [3.05, 3.63) is 5.82 Å². The summed E-state index contributed by atoms with van der Waals surface area (Å²) in [6.07, 6.45) is 4.01. The summed E-state index contributed by atoms with van der Waals surface area (Å²) in [5.74, 6) is 3.02. The first-order chi connectivity index (χ1) is 7.34. The standard InChI is InChI=1S/C10H17N3S2/c1-8-12-10(15-13-8)14-7-4-9-2-5-11-6-3-9/h9,11H,2-7H2,1H3.